The standard InChI is InChI=1S/C18H35NO2/c1-2-3-4-5-6-7-8-9-10-11-13-16-14-12-15-17(19-16)18(20)21/h16-17,19H,2-15H2,1H3,(H,20,21). The normalized spacial score (nSPS) is 22.3. The van der Waals surface area contributed by atoms with E-state index in [0.29, 0.717) is 6.04 Å². The van der Waals surface area contributed by atoms with Crippen LogP contribution in [0.15, 0.2) is 0 Å². The number of aliphatic carboxylic acids is 1. The van der Waals surface area contributed by atoms with Crippen LogP contribution < -0.4 is 5.32 Å². The smallest absolute Gasteiger partial charge is 0.320 e. The Morgan fingerprint density at radius 3 is 2.10 bits per heavy atom. The molecule has 0 saturated carbocycles. The molecule has 2 unspecified atom stereocenters. The minimum atomic E-state index is -0.678. The lowest BCUT2D eigenvalue weighted by Gasteiger charge is -2.28. The molecule has 2 N–H and O–H groups in total. The fourth-order valence-corrected chi connectivity index (χ4v) is 3.32. The first kappa shape index (κ1) is 18.5. The summed E-state index contributed by atoms with van der Waals surface area (Å²) in [6.07, 6.45) is 17.8. The van der Waals surface area contributed by atoms with Crippen LogP contribution in [0.3, 0.4) is 0 Å². The maximum atomic E-state index is 11.0. The van der Waals surface area contributed by atoms with Crippen molar-refractivity contribution in [3.05, 3.63) is 0 Å². The molecule has 21 heavy (non-hydrogen) atoms. The highest BCUT2D eigenvalue weighted by Gasteiger charge is 2.25. The van der Waals surface area contributed by atoms with Gasteiger partial charge >= 0.3 is 5.97 Å². The van der Waals surface area contributed by atoms with Gasteiger partial charge in [-0.3, -0.25) is 4.79 Å². The Hall–Kier alpha value is -0.570. The van der Waals surface area contributed by atoms with Gasteiger partial charge in [0.25, 0.3) is 0 Å². The molecule has 0 aromatic rings. The lowest BCUT2D eigenvalue weighted by Crippen LogP contribution is -2.46. The topological polar surface area (TPSA) is 49.3 Å². The Kier molecular flexibility index (Phi) is 10.6. The number of carboxylic acids is 1. The van der Waals surface area contributed by atoms with E-state index in [1.807, 2.05) is 0 Å². The Balaban J connectivity index is 1.89. The summed E-state index contributed by atoms with van der Waals surface area (Å²) in [4.78, 5) is 11.0. The molecule has 2 atom stereocenters. The molecule has 1 heterocycles. The molecule has 1 saturated heterocycles. The molecular weight excluding hydrogens is 262 g/mol. The van der Waals surface area contributed by atoms with E-state index >= 15 is 0 Å². The average molecular weight is 297 g/mol. The van der Waals surface area contributed by atoms with Crippen molar-refractivity contribution in [2.75, 3.05) is 0 Å². The Morgan fingerprint density at radius 2 is 1.52 bits per heavy atom. The molecule has 1 fully saturated rings. The minimum absolute atomic E-state index is 0.299. The fraction of sp³-hybridized carbons (Fsp3) is 0.944. The molecule has 3 heteroatoms. The Morgan fingerprint density at radius 1 is 0.952 bits per heavy atom. The van der Waals surface area contributed by atoms with Gasteiger partial charge in [-0.05, 0) is 25.7 Å². The van der Waals surface area contributed by atoms with Gasteiger partial charge in [0.1, 0.15) is 6.04 Å². The minimum Gasteiger partial charge on any atom is -0.480 e. The number of piperidine rings is 1. The molecular formula is C18H35NO2. The molecule has 1 rings (SSSR count). The molecule has 0 aliphatic carbocycles. The highest BCUT2D eigenvalue weighted by Crippen LogP contribution is 2.18. The zero-order chi connectivity index (χ0) is 15.3. The summed E-state index contributed by atoms with van der Waals surface area (Å²) in [6.45, 7) is 2.26. The highest BCUT2D eigenvalue weighted by atomic mass is 16.4. The van der Waals surface area contributed by atoms with E-state index in [-0.39, 0.29) is 6.04 Å². The van der Waals surface area contributed by atoms with Gasteiger partial charge < -0.3 is 10.4 Å². The fourth-order valence-electron chi connectivity index (χ4n) is 3.32. The van der Waals surface area contributed by atoms with Gasteiger partial charge in [-0.15, -0.1) is 0 Å². The van der Waals surface area contributed by atoms with Gasteiger partial charge in [0.05, 0.1) is 0 Å². The number of unbranched alkanes of at least 4 members (excludes halogenated alkanes) is 9. The van der Waals surface area contributed by atoms with Crippen molar-refractivity contribution in [3.63, 3.8) is 0 Å². The van der Waals surface area contributed by atoms with Gasteiger partial charge in [0.2, 0.25) is 0 Å². The summed E-state index contributed by atoms with van der Waals surface area (Å²) in [5.41, 5.74) is 0. The van der Waals surface area contributed by atoms with Crippen LogP contribution >= 0.6 is 0 Å². The van der Waals surface area contributed by atoms with E-state index in [0.717, 1.165) is 25.7 Å². The summed E-state index contributed by atoms with van der Waals surface area (Å²) in [6, 6.07) is 0.140. The van der Waals surface area contributed by atoms with Crippen molar-refractivity contribution >= 4 is 5.97 Å². The first-order valence-corrected chi connectivity index (χ1v) is 9.23. The maximum Gasteiger partial charge on any atom is 0.320 e. The number of carboxylic acid groups (broad SMARTS) is 1. The summed E-state index contributed by atoms with van der Waals surface area (Å²) in [5.74, 6) is -0.678. The summed E-state index contributed by atoms with van der Waals surface area (Å²) < 4.78 is 0. The van der Waals surface area contributed by atoms with Gasteiger partial charge in [-0.2, -0.15) is 0 Å². The lowest BCUT2D eigenvalue weighted by molar-refractivity contribution is -0.140. The van der Waals surface area contributed by atoms with E-state index in [1.165, 1.54) is 64.2 Å². The molecule has 0 radical (unpaired) electrons. The number of hydrogen-bond donors (Lipinski definition) is 2. The third-order valence-corrected chi connectivity index (χ3v) is 4.69. The number of nitrogens with one attached hydrogen (secondary N) is 1. The van der Waals surface area contributed by atoms with E-state index in [2.05, 4.69) is 12.2 Å². The zero-order valence-electron chi connectivity index (χ0n) is 13.9. The van der Waals surface area contributed by atoms with Crippen LogP contribution in [0.25, 0.3) is 0 Å². The molecule has 0 amide bonds. The summed E-state index contributed by atoms with van der Waals surface area (Å²) >= 11 is 0. The third-order valence-electron chi connectivity index (χ3n) is 4.69. The van der Waals surface area contributed by atoms with Crippen LogP contribution in [0.1, 0.15) is 96.8 Å². The average Bonchev–Trinajstić information content (AvgIpc) is 2.49. The van der Waals surface area contributed by atoms with Crippen LogP contribution in [0.2, 0.25) is 0 Å². The first-order chi connectivity index (χ1) is 10.2. The maximum absolute atomic E-state index is 11.0. The summed E-state index contributed by atoms with van der Waals surface area (Å²) in [7, 11) is 0. The second kappa shape index (κ2) is 12.0. The van der Waals surface area contributed by atoms with Crippen molar-refractivity contribution in [3.8, 4) is 0 Å². The number of carbonyl (C=O) groups is 1. The van der Waals surface area contributed by atoms with Gasteiger partial charge in [-0.25, -0.2) is 0 Å². The van der Waals surface area contributed by atoms with Crippen LogP contribution in [-0.2, 0) is 4.79 Å². The summed E-state index contributed by atoms with van der Waals surface area (Å²) in [5, 5.41) is 12.3. The third kappa shape index (κ3) is 9.13. The zero-order valence-corrected chi connectivity index (χ0v) is 13.9. The molecule has 124 valence electrons. The second-order valence-corrected chi connectivity index (χ2v) is 6.66. The van der Waals surface area contributed by atoms with Crippen LogP contribution in [0, 0.1) is 0 Å². The van der Waals surface area contributed by atoms with Crippen molar-refractivity contribution < 1.29 is 9.90 Å². The van der Waals surface area contributed by atoms with Crippen LogP contribution in [0.5, 0.6) is 0 Å². The van der Waals surface area contributed by atoms with Crippen molar-refractivity contribution in [2.24, 2.45) is 0 Å². The van der Waals surface area contributed by atoms with E-state index in [9.17, 15) is 4.79 Å². The van der Waals surface area contributed by atoms with Crippen molar-refractivity contribution in [1.82, 2.24) is 5.32 Å². The highest BCUT2D eigenvalue weighted by molar-refractivity contribution is 5.73. The first-order valence-electron chi connectivity index (χ1n) is 9.23. The van der Waals surface area contributed by atoms with Gasteiger partial charge in [0.15, 0.2) is 0 Å². The van der Waals surface area contributed by atoms with Gasteiger partial charge in [0, 0.05) is 6.04 Å². The largest absolute Gasteiger partial charge is 0.480 e. The monoisotopic (exact) mass is 297 g/mol. The van der Waals surface area contributed by atoms with E-state index in [4.69, 9.17) is 5.11 Å². The molecule has 0 bridgehead atoms. The molecule has 0 aromatic heterocycles. The molecule has 0 aromatic carbocycles. The molecule has 3 nitrogen and oxygen atoms in total. The molecule has 1 aliphatic rings. The number of hydrogen-bond acceptors (Lipinski definition) is 2. The Bertz CT molecular complexity index is 268. The van der Waals surface area contributed by atoms with Crippen molar-refractivity contribution in [1.29, 1.82) is 0 Å². The van der Waals surface area contributed by atoms with E-state index in [1.54, 1.807) is 0 Å². The van der Waals surface area contributed by atoms with Crippen LogP contribution in [0.4, 0.5) is 0 Å². The second-order valence-electron chi connectivity index (χ2n) is 6.66. The molecule has 1 aliphatic heterocycles. The Labute approximate surface area is 130 Å². The van der Waals surface area contributed by atoms with Crippen molar-refractivity contribution in [2.45, 2.75) is 109 Å². The predicted octanol–water partition coefficient (Wildman–Crippen LogP) is 4.89. The lowest BCUT2D eigenvalue weighted by atomic mass is 9.94. The van der Waals surface area contributed by atoms with E-state index < -0.39 is 5.97 Å². The molecule has 0 spiro atoms. The van der Waals surface area contributed by atoms with Gasteiger partial charge in [-0.1, -0.05) is 71.1 Å². The number of rotatable bonds is 12. The predicted molar refractivity (Wildman–Crippen MR) is 88.7 cm³/mol. The van der Waals surface area contributed by atoms with Crippen LogP contribution in [-0.4, -0.2) is 23.2 Å². The SMILES string of the molecule is CCCCCCCCCCCCC1CCCC(C(=O)O)N1. The quantitative estimate of drug-likeness (QED) is 0.504.